The van der Waals surface area contributed by atoms with Crippen LogP contribution < -0.4 is 20.3 Å². The Balaban J connectivity index is 1.51. The molecule has 9 heteroatoms. The van der Waals surface area contributed by atoms with Crippen molar-refractivity contribution < 1.29 is 14.3 Å². The summed E-state index contributed by atoms with van der Waals surface area (Å²) in [6, 6.07) is 14.7. The van der Waals surface area contributed by atoms with Gasteiger partial charge in [-0.25, -0.2) is 4.98 Å². The number of methoxy groups -OCH3 is 1. The molecule has 186 valence electrons. The van der Waals surface area contributed by atoms with Crippen molar-refractivity contribution in [2.24, 2.45) is 0 Å². The van der Waals surface area contributed by atoms with Crippen molar-refractivity contribution in [3.05, 3.63) is 69.3 Å². The Morgan fingerprint density at radius 3 is 2.83 bits per heavy atom. The Bertz CT molecular complexity index is 1480. The number of aromatic nitrogens is 2. The third kappa shape index (κ3) is 4.85. The number of aryl methyl sites for hydroxylation is 2. The number of thiophene rings is 1. The van der Waals surface area contributed by atoms with Gasteiger partial charge in [0.15, 0.2) is 5.16 Å². The predicted octanol–water partition coefficient (Wildman–Crippen LogP) is 5.46. The molecule has 0 radical (unpaired) electrons. The number of fused-ring (bicyclic) bond motifs is 3. The van der Waals surface area contributed by atoms with Crippen LogP contribution in [0, 0.1) is 0 Å². The normalized spacial score (nSPS) is 12.8. The lowest BCUT2D eigenvalue weighted by Gasteiger charge is -2.15. The molecule has 0 saturated heterocycles. The molecule has 2 heterocycles. The lowest BCUT2D eigenvalue weighted by Crippen LogP contribution is -2.23. The average Bonchev–Trinajstić information content (AvgIpc) is 3.27. The maximum Gasteiger partial charge on any atom is 0.267 e. The zero-order valence-corrected chi connectivity index (χ0v) is 21.8. The monoisotopic (exact) mass is 521 g/mol. The highest BCUT2D eigenvalue weighted by molar-refractivity contribution is 7.99. The maximum atomic E-state index is 13.9. The molecule has 5 rings (SSSR count). The lowest BCUT2D eigenvalue weighted by molar-refractivity contribution is -0.113. The summed E-state index contributed by atoms with van der Waals surface area (Å²) < 4.78 is 12.6. The number of benzene rings is 2. The van der Waals surface area contributed by atoms with Crippen LogP contribution in [0.4, 0.5) is 5.69 Å². The second kappa shape index (κ2) is 10.8. The third-order valence-corrected chi connectivity index (χ3v) is 8.19. The van der Waals surface area contributed by atoms with E-state index in [9.17, 15) is 9.59 Å². The number of rotatable bonds is 8. The largest absolute Gasteiger partial charge is 0.497 e. The molecule has 0 fully saturated rings. The van der Waals surface area contributed by atoms with Gasteiger partial charge in [-0.15, -0.1) is 11.3 Å². The fourth-order valence-electron chi connectivity index (χ4n) is 4.43. The summed E-state index contributed by atoms with van der Waals surface area (Å²) in [6.45, 7) is 2.40. The van der Waals surface area contributed by atoms with Crippen LogP contribution in [-0.2, 0) is 17.6 Å². The number of amides is 1. The Kier molecular flexibility index (Phi) is 7.29. The predicted molar refractivity (Wildman–Crippen MR) is 145 cm³/mol. The molecule has 2 aromatic heterocycles. The molecular formula is C27H27N3O4S2. The molecule has 0 spiro atoms. The highest BCUT2D eigenvalue weighted by Gasteiger charge is 2.23. The summed E-state index contributed by atoms with van der Waals surface area (Å²) in [5.41, 5.74) is 2.31. The van der Waals surface area contributed by atoms with Crippen LogP contribution in [0.5, 0.6) is 11.5 Å². The molecule has 0 aliphatic heterocycles. The second-order valence-electron chi connectivity index (χ2n) is 8.39. The Labute approximate surface area is 217 Å². The number of carbonyl (C=O) groups excluding carboxylic acids is 1. The fraction of sp³-hybridized carbons (Fsp3) is 0.296. The molecule has 4 aromatic rings. The smallest absolute Gasteiger partial charge is 0.267 e. The van der Waals surface area contributed by atoms with E-state index in [4.69, 9.17) is 14.5 Å². The number of thioether (sulfide) groups is 1. The van der Waals surface area contributed by atoms with E-state index in [2.05, 4.69) is 5.32 Å². The first-order valence-corrected chi connectivity index (χ1v) is 13.8. The van der Waals surface area contributed by atoms with E-state index in [1.807, 2.05) is 49.4 Å². The molecule has 1 amide bonds. The molecule has 36 heavy (non-hydrogen) atoms. The molecule has 2 aromatic carbocycles. The number of carbonyl (C=O) groups is 1. The lowest BCUT2D eigenvalue weighted by atomic mass is 9.97. The van der Waals surface area contributed by atoms with Gasteiger partial charge < -0.3 is 14.8 Å². The topological polar surface area (TPSA) is 82.5 Å². The van der Waals surface area contributed by atoms with Gasteiger partial charge in [-0.05, 0) is 62.4 Å². The summed E-state index contributed by atoms with van der Waals surface area (Å²) in [4.78, 5) is 33.7. The standard InChI is InChI=1S/C27H27N3O4S2/c1-3-34-21-13-6-5-12-20(21)28-23(31)16-35-27-29-25-24(19-11-4-7-14-22(19)36-25)26(32)30(27)17-9-8-10-18(15-17)33-2/h5-6,8-10,12-13,15H,3-4,7,11,14,16H2,1-2H3,(H,28,31). The van der Waals surface area contributed by atoms with Gasteiger partial charge in [-0.2, -0.15) is 0 Å². The van der Waals surface area contributed by atoms with Crippen molar-refractivity contribution >= 4 is 44.9 Å². The molecule has 0 bridgehead atoms. The highest BCUT2D eigenvalue weighted by atomic mass is 32.2. The first kappa shape index (κ1) is 24.4. The van der Waals surface area contributed by atoms with E-state index >= 15 is 0 Å². The molecule has 1 aliphatic carbocycles. The fourth-order valence-corrected chi connectivity index (χ4v) is 6.54. The van der Waals surface area contributed by atoms with Crippen LogP contribution in [0.25, 0.3) is 15.9 Å². The minimum Gasteiger partial charge on any atom is -0.497 e. The Morgan fingerprint density at radius 1 is 1.17 bits per heavy atom. The van der Waals surface area contributed by atoms with Crippen molar-refractivity contribution in [1.82, 2.24) is 9.55 Å². The minimum atomic E-state index is -0.204. The number of hydrogen-bond donors (Lipinski definition) is 1. The van der Waals surface area contributed by atoms with E-state index in [-0.39, 0.29) is 17.2 Å². The van der Waals surface area contributed by atoms with Crippen LogP contribution in [0.2, 0.25) is 0 Å². The molecule has 0 atom stereocenters. The second-order valence-corrected chi connectivity index (χ2v) is 10.4. The summed E-state index contributed by atoms with van der Waals surface area (Å²) in [5, 5.41) is 4.10. The van der Waals surface area contributed by atoms with Crippen molar-refractivity contribution in [2.45, 2.75) is 37.8 Å². The molecule has 0 saturated carbocycles. The van der Waals surface area contributed by atoms with Gasteiger partial charge in [0, 0.05) is 10.9 Å². The van der Waals surface area contributed by atoms with Crippen LogP contribution >= 0.6 is 23.1 Å². The van der Waals surface area contributed by atoms with Gasteiger partial charge >= 0.3 is 0 Å². The van der Waals surface area contributed by atoms with E-state index < -0.39 is 0 Å². The van der Waals surface area contributed by atoms with E-state index in [1.54, 1.807) is 29.1 Å². The molecule has 1 N–H and O–H groups in total. The minimum absolute atomic E-state index is 0.0907. The van der Waals surface area contributed by atoms with Crippen LogP contribution in [0.1, 0.15) is 30.2 Å². The zero-order valence-electron chi connectivity index (χ0n) is 20.2. The first-order valence-electron chi connectivity index (χ1n) is 11.9. The van der Waals surface area contributed by atoms with Gasteiger partial charge in [-0.1, -0.05) is 30.0 Å². The van der Waals surface area contributed by atoms with Crippen molar-refractivity contribution in [3.63, 3.8) is 0 Å². The number of anilines is 1. The third-order valence-electron chi connectivity index (χ3n) is 6.06. The van der Waals surface area contributed by atoms with Gasteiger partial charge in [0.05, 0.1) is 36.2 Å². The molecule has 0 unspecified atom stereocenters. The number of ether oxygens (including phenoxy) is 2. The van der Waals surface area contributed by atoms with Crippen molar-refractivity contribution in [1.29, 1.82) is 0 Å². The average molecular weight is 522 g/mol. The maximum absolute atomic E-state index is 13.9. The quantitative estimate of drug-likeness (QED) is 0.245. The Morgan fingerprint density at radius 2 is 2.00 bits per heavy atom. The van der Waals surface area contributed by atoms with Crippen LogP contribution in [0.15, 0.2) is 58.5 Å². The van der Waals surface area contributed by atoms with Crippen molar-refractivity contribution in [3.8, 4) is 17.2 Å². The number of nitrogens with one attached hydrogen (secondary N) is 1. The highest BCUT2D eigenvalue weighted by Crippen LogP contribution is 2.35. The Hall–Kier alpha value is -3.30. The van der Waals surface area contributed by atoms with E-state index in [0.717, 1.165) is 36.1 Å². The molecule has 1 aliphatic rings. The zero-order chi connectivity index (χ0) is 25.1. The van der Waals surface area contributed by atoms with Crippen LogP contribution in [-0.4, -0.2) is 34.9 Å². The number of nitrogens with zero attached hydrogens (tertiary/aromatic N) is 2. The van der Waals surface area contributed by atoms with E-state index in [0.29, 0.717) is 40.0 Å². The summed E-state index contributed by atoms with van der Waals surface area (Å²) in [7, 11) is 1.60. The molecular weight excluding hydrogens is 494 g/mol. The first-order chi connectivity index (χ1) is 17.6. The molecule has 7 nitrogen and oxygen atoms in total. The van der Waals surface area contributed by atoms with Crippen LogP contribution in [0.3, 0.4) is 0 Å². The van der Waals surface area contributed by atoms with Gasteiger partial charge in [0.25, 0.3) is 5.56 Å². The van der Waals surface area contributed by atoms with Gasteiger partial charge in [0.2, 0.25) is 5.91 Å². The summed E-state index contributed by atoms with van der Waals surface area (Å²) in [6.07, 6.45) is 4.10. The SMILES string of the molecule is CCOc1ccccc1NC(=O)CSc1nc2sc3c(c2c(=O)n1-c1cccc(OC)c1)CCCC3. The number of para-hydroxylation sites is 2. The van der Waals surface area contributed by atoms with Crippen molar-refractivity contribution in [2.75, 3.05) is 24.8 Å². The summed E-state index contributed by atoms with van der Waals surface area (Å²) >= 11 is 2.85. The van der Waals surface area contributed by atoms with Gasteiger partial charge in [-0.3, -0.25) is 14.2 Å². The van der Waals surface area contributed by atoms with Gasteiger partial charge in [0.1, 0.15) is 16.3 Å². The number of hydrogen-bond acceptors (Lipinski definition) is 7. The van der Waals surface area contributed by atoms with E-state index in [1.165, 1.54) is 16.6 Å². The summed E-state index contributed by atoms with van der Waals surface area (Å²) in [5.74, 6) is 1.15.